The number of ether oxygens (including phenoxy) is 1. The molecule has 35 heavy (non-hydrogen) atoms. The SMILES string of the molecule is COC(=O)[C@@H](Nc1nc(CN2CCN(Cc3cc(Cl)cc(Cl)c3)CC2)nc2ccccc12)C(C)C. The highest BCUT2D eigenvalue weighted by Crippen LogP contribution is 2.24. The number of carbonyl (C=O) groups excluding carboxylic acids is 1. The van der Waals surface area contributed by atoms with E-state index in [1.807, 2.05) is 50.2 Å². The van der Waals surface area contributed by atoms with Gasteiger partial charge in [0.25, 0.3) is 0 Å². The molecule has 186 valence electrons. The van der Waals surface area contributed by atoms with E-state index in [1.165, 1.54) is 7.11 Å². The molecule has 0 spiro atoms. The number of para-hydroxylation sites is 1. The lowest BCUT2D eigenvalue weighted by molar-refractivity contribution is -0.142. The molecular formula is C26H31Cl2N5O2. The van der Waals surface area contributed by atoms with Crippen molar-refractivity contribution >= 4 is 45.9 Å². The van der Waals surface area contributed by atoms with Gasteiger partial charge in [-0.05, 0) is 41.8 Å². The number of fused-ring (bicyclic) bond motifs is 1. The Labute approximate surface area is 216 Å². The van der Waals surface area contributed by atoms with Crippen LogP contribution in [0.15, 0.2) is 42.5 Å². The number of piperazine rings is 1. The molecule has 1 fully saturated rings. The monoisotopic (exact) mass is 515 g/mol. The van der Waals surface area contributed by atoms with Crippen molar-refractivity contribution < 1.29 is 9.53 Å². The summed E-state index contributed by atoms with van der Waals surface area (Å²) in [6, 6.07) is 13.1. The summed E-state index contributed by atoms with van der Waals surface area (Å²) in [6.45, 7) is 9.10. The molecule has 0 radical (unpaired) electrons. The van der Waals surface area contributed by atoms with Crippen molar-refractivity contribution in [1.82, 2.24) is 19.8 Å². The number of hydrogen-bond donors (Lipinski definition) is 1. The zero-order valence-electron chi connectivity index (χ0n) is 20.3. The molecule has 0 unspecified atom stereocenters. The molecule has 0 bridgehead atoms. The molecule has 0 aliphatic carbocycles. The third-order valence-corrected chi connectivity index (χ3v) is 6.66. The first-order chi connectivity index (χ1) is 16.8. The topological polar surface area (TPSA) is 70.6 Å². The quantitative estimate of drug-likeness (QED) is 0.429. The molecule has 1 N–H and O–H groups in total. The molecule has 4 rings (SSSR count). The molecule has 1 atom stereocenters. The van der Waals surface area contributed by atoms with Gasteiger partial charge in [-0.15, -0.1) is 0 Å². The van der Waals surface area contributed by atoms with E-state index in [-0.39, 0.29) is 11.9 Å². The highest BCUT2D eigenvalue weighted by molar-refractivity contribution is 6.34. The zero-order chi connectivity index (χ0) is 24.9. The third-order valence-electron chi connectivity index (χ3n) is 6.22. The summed E-state index contributed by atoms with van der Waals surface area (Å²) >= 11 is 12.3. The zero-order valence-corrected chi connectivity index (χ0v) is 21.8. The van der Waals surface area contributed by atoms with Gasteiger partial charge in [-0.2, -0.15) is 0 Å². The Bertz CT molecular complexity index is 1160. The Morgan fingerprint density at radius 1 is 1.00 bits per heavy atom. The molecule has 1 aliphatic heterocycles. The fraction of sp³-hybridized carbons (Fsp3) is 0.423. The van der Waals surface area contributed by atoms with Crippen LogP contribution in [-0.4, -0.2) is 65.1 Å². The molecule has 7 nitrogen and oxygen atoms in total. The van der Waals surface area contributed by atoms with Gasteiger partial charge in [-0.25, -0.2) is 14.8 Å². The van der Waals surface area contributed by atoms with Gasteiger partial charge in [0, 0.05) is 48.2 Å². The molecule has 0 saturated carbocycles. The lowest BCUT2D eigenvalue weighted by Gasteiger charge is -2.34. The number of aromatic nitrogens is 2. The van der Waals surface area contributed by atoms with E-state index < -0.39 is 6.04 Å². The van der Waals surface area contributed by atoms with Crippen LogP contribution in [0.2, 0.25) is 10.0 Å². The van der Waals surface area contributed by atoms with E-state index in [2.05, 4.69) is 15.1 Å². The lowest BCUT2D eigenvalue weighted by Crippen LogP contribution is -2.45. The van der Waals surface area contributed by atoms with Crippen molar-refractivity contribution in [2.45, 2.75) is 33.0 Å². The molecule has 0 amide bonds. The number of hydrogen-bond acceptors (Lipinski definition) is 7. The fourth-order valence-corrected chi connectivity index (χ4v) is 4.91. The Balaban J connectivity index is 1.45. The second kappa shape index (κ2) is 11.5. The molecular weight excluding hydrogens is 485 g/mol. The maximum atomic E-state index is 12.3. The number of halogens is 2. The third kappa shape index (κ3) is 6.61. The summed E-state index contributed by atoms with van der Waals surface area (Å²) in [7, 11) is 1.41. The van der Waals surface area contributed by atoms with Gasteiger partial charge >= 0.3 is 5.97 Å². The van der Waals surface area contributed by atoms with Crippen LogP contribution in [0, 0.1) is 5.92 Å². The Morgan fingerprint density at radius 2 is 1.63 bits per heavy atom. The number of carbonyl (C=O) groups is 1. The van der Waals surface area contributed by atoms with Crippen molar-refractivity contribution in [3.05, 3.63) is 63.9 Å². The Morgan fingerprint density at radius 3 is 2.26 bits per heavy atom. The number of nitrogens with zero attached hydrogens (tertiary/aromatic N) is 4. The molecule has 1 saturated heterocycles. The van der Waals surface area contributed by atoms with Gasteiger partial charge in [-0.3, -0.25) is 9.80 Å². The van der Waals surface area contributed by atoms with E-state index in [1.54, 1.807) is 6.07 Å². The van der Waals surface area contributed by atoms with E-state index in [9.17, 15) is 4.79 Å². The van der Waals surface area contributed by atoms with Crippen molar-refractivity contribution in [2.24, 2.45) is 5.92 Å². The van der Waals surface area contributed by atoms with Crippen LogP contribution in [0.3, 0.4) is 0 Å². The predicted molar refractivity (Wildman–Crippen MR) is 141 cm³/mol. The number of benzene rings is 2. The minimum atomic E-state index is -0.491. The number of nitrogens with one attached hydrogen (secondary N) is 1. The smallest absolute Gasteiger partial charge is 0.328 e. The Kier molecular flexibility index (Phi) is 8.44. The summed E-state index contributed by atoms with van der Waals surface area (Å²) in [5, 5.41) is 5.53. The van der Waals surface area contributed by atoms with Gasteiger partial charge in [-0.1, -0.05) is 49.2 Å². The van der Waals surface area contributed by atoms with Crippen molar-refractivity contribution in [1.29, 1.82) is 0 Å². The minimum Gasteiger partial charge on any atom is -0.467 e. The van der Waals surface area contributed by atoms with E-state index in [0.29, 0.717) is 22.4 Å². The summed E-state index contributed by atoms with van der Waals surface area (Å²) in [4.78, 5) is 26.7. The summed E-state index contributed by atoms with van der Waals surface area (Å²) < 4.78 is 5.00. The van der Waals surface area contributed by atoms with Crippen LogP contribution in [0.5, 0.6) is 0 Å². The Hall–Kier alpha value is -2.45. The first kappa shape index (κ1) is 25.6. The lowest BCUT2D eigenvalue weighted by atomic mass is 10.0. The molecule has 2 heterocycles. The highest BCUT2D eigenvalue weighted by atomic mass is 35.5. The summed E-state index contributed by atoms with van der Waals surface area (Å²) in [5.74, 6) is 1.13. The van der Waals surface area contributed by atoms with Crippen molar-refractivity contribution in [2.75, 3.05) is 38.6 Å². The van der Waals surface area contributed by atoms with Crippen LogP contribution >= 0.6 is 23.2 Å². The van der Waals surface area contributed by atoms with Gasteiger partial charge in [0.1, 0.15) is 17.7 Å². The molecule has 1 aliphatic rings. The second-order valence-electron chi connectivity index (χ2n) is 9.22. The van der Waals surface area contributed by atoms with E-state index in [4.69, 9.17) is 37.9 Å². The molecule has 9 heteroatoms. The number of rotatable bonds is 8. The largest absolute Gasteiger partial charge is 0.467 e. The average Bonchev–Trinajstić information content (AvgIpc) is 2.82. The predicted octanol–water partition coefficient (Wildman–Crippen LogP) is 4.86. The minimum absolute atomic E-state index is 0.0436. The highest BCUT2D eigenvalue weighted by Gasteiger charge is 2.25. The van der Waals surface area contributed by atoms with Gasteiger partial charge < -0.3 is 10.1 Å². The van der Waals surface area contributed by atoms with Crippen LogP contribution in [-0.2, 0) is 22.6 Å². The summed E-state index contributed by atoms with van der Waals surface area (Å²) in [6.07, 6.45) is 0. The van der Waals surface area contributed by atoms with Crippen LogP contribution in [0.25, 0.3) is 10.9 Å². The van der Waals surface area contributed by atoms with Crippen molar-refractivity contribution in [3.8, 4) is 0 Å². The normalized spacial score (nSPS) is 15.9. The summed E-state index contributed by atoms with van der Waals surface area (Å²) in [5.41, 5.74) is 1.97. The second-order valence-corrected chi connectivity index (χ2v) is 10.1. The maximum Gasteiger partial charge on any atom is 0.328 e. The number of methoxy groups -OCH3 is 1. The van der Waals surface area contributed by atoms with Crippen LogP contribution in [0.4, 0.5) is 5.82 Å². The van der Waals surface area contributed by atoms with Crippen LogP contribution in [0.1, 0.15) is 25.2 Å². The van der Waals surface area contributed by atoms with Crippen LogP contribution < -0.4 is 5.32 Å². The molecule has 1 aromatic heterocycles. The van der Waals surface area contributed by atoms with Crippen molar-refractivity contribution in [3.63, 3.8) is 0 Å². The van der Waals surface area contributed by atoms with Gasteiger partial charge in [0.15, 0.2) is 0 Å². The van der Waals surface area contributed by atoms with E-state index >= 15 is 0 Å². The average molecular weight is 516 g/mol. The molecule has 3 aromatic rings. The standard InChI is InChI=1S/C26H31Cl2N5O2/c1-17(2)24(26(34)35-3)31-25-21-6-4-5-7-22(21)29-23(30-25)16-33-10-8-32(9-11-33)15-18-12-19(27)14-20(28)13-18/h4-7,12-14,17,24H,8-11,15-16H2,1-3H3,(H,29,30,31)/t24-/m0/s1. The fourth-order valence-electron chi connectivity index (χ4n) is 4.34. The first-order valence-electron chi connectivity index (χ1n) is 11.8. The maximum absolute atomic E-state index is 12.3. The molecule has 2 aromatic carbocycles. The van der Waals surface area contributed by atoms with Gasteiger partial charge in [0.05, 0.1) is 19.2 Å². The van der Waals surface area contributed by atoms with E-state index in [0.717, 1.165) is 55.0 Å². The first-order valence-corrected chi connectivity index (χ1v) is 12.6. The number of esters is 1. The van der Waals surface area contributed by atoms with Gasteiger partial charge in [0.2, 0.25) is 0 Å². The number of anilines is 1.